The predicted molar refractivity (Wildman–Crippen MR) is 81.6 cm³/mol. The van der Waals surface area contributed by atoms with E-state index in [4.69, 9.17) is 5.73 Å². The maximum atomic E-state index is 13.6. The fraction of sp³-hybridized carbons (Fsp3) is 0.294. The number of hydrogen-bond acceptors (Lipinski definition) is 2. The van der Waals surface area contributed by atoms with Crippen LogP contribution in [0.15, 0.2) is 30.5 Å². The van der Waals surface area contributed by atoms with Crippen LogP contribution >= 0.6 is 0 Å². The Balaban J connectivity index is 2.63. The van der Waals surface area contributed by atoms with Crippen molar-refractivity contribution in [2.45, 2.75) is 33.1 Å². The van der Waals surface area contributed by atoms with Crippen LogP contribution in [0.2, 0.25) is 0 Å². The van der Waals surface area contributed by atoms with E-state index in [0.29, 0.717) is 0 Å². The van der Waals surface area contributed by atoms with E-state index < -0.39 is 11.7 Å². The van der Waals surface area contributed by atoms with Gasteiger partial charge in [-0.3, -0.25) is 9.78 Å². The lowest BCUT2D eigenvalue weighted by Crippen LogP contribution is -2.13. The number of aromatic nitrogens is 1. The summed E-state index contributed by atoms with van der Waals surface area (Å²) < 4.78 is 13.6. The molecule has 2 rings (SSSR count). The van der Waals surface area contributed by atoms with Crippen molar-refractivity contribution in [1.82, 2.24) is 4.98 Å². The quantitative estimate of drug-likeness (QED) is 0.929. The zero-order valence-electron chi connectivity index (χ0n) is 12.5. The molecule has 0 saturated carbocycles. The Morgan fingerprint density at radius 2 is 2.10 bits per heavy atom. The minimum atomic E-state index is -0.764. The van der Waals surface area contributed by atoms with Crippen molar-refractivity contribution >= 4 is 5.91 Å². The van der Waals surface area contributed by atoms with E-state index in [2.05, 4.69) is 18.8 Å². The predicted octanol–water partition coefficient (Wildman–Crippen LogP) is 3.81. The number of rotatable bonds is 4. The van der Waals surface area contributed by atoms with E-state index in [-0.39, 0.29) is 11.5 Å². The number of carbonyl (C=O) groups excluding carboxylic acids is 1. The largest absolute Gasteiger partial charge is 0.366 e. The Bertz CT molecular complexity index is 682. The Morgan fingerprint density at radius 1 is 1.38 bits per heavy atom. The first-order chi connectivity index (χ1) is 9.93. The molecule has 4 heteroatoms. The van der Waals surface area contributed by atoms with Crippen molar-refractivity contribution in [2.75, 3.05) is 0 Å². The minimum absolute atomic E-state index is 0.0934. The lowest BCUT2D eigenvalue weighted by atomic mass is 9.93. The number of primary amides is 1. The molecule has 0 aliphatic heterocycles. The van der Waals surface area contributed by atoms with Crippen LogP contribution in [0, 0.1) is 12.7 Å². The van der Waals surface area contributed by atoms with Crippen LogP contribution in [0.3, 0.4) is 0 Å². The fourth-order valence-corrected chi connectivity index (χ4v) is 2.28. The van der Waals surface area contributed by atoms with E-state index in [9.17, 15) is 9.18 Å². The van der Waals surface area contributed by atoms with Crippen molar-refractivity contribution in [1.29, 1.82) is 0 Å². The van der Waals surface area contributed by atoms with Gasteiger partial charge in [-0.2, -0.15) is 0 Å². The zero-order valence-corrected chi connectivity index (χ0v) is 12.5. The van der Waals surface area contributed by atoms with Crippen LogP contribution in [0.1, 0.15) is 47.8 Å². The second-order valence-electron chi connectivity index (χ2n) is 5.31. The second kappa shape index (κ2) is 6.04. The second-order valence-corrected chi connectivity index (χ2v) is 5.31. The molecule has 0 aliphatic rings. The highest BCUT2D eigenvalue weighted by molar-refractivity contribution is 5.94. The van der Waals surface area contributed by atoms with Crippen LogP contribution in [-0.2, 0) is 0 Å². The van der Waals surface area contributed by atoms with Crippen LogP contribution < -0.4 is 5.73 Å². The van der Waals surface area contributed by atoms with E-state index in [1.165, 1.54) is 12.1 Å². The maximum absolute atomic E-state index is 13.6. The lowest BCUT2D eigenvalue weighted by Gasteiger charge is -2.15. The molecule has 2 N–H and O–H groups in total. The molecule has 1 amide bonds. The first kappa shape index (κ1) is 15.2. The highest BCUT2D eigenvalue weighted by Gasteiger charge is 2.15. The molecule has 1 unspecified atom stereocenters. The molecule has 0 fully saturated rings. The van der Waals surface area contributed by atoms with Gasteiger partial charge in [0.15, 0.2) is 0 Å². The van der Waals surface area contributed by atoms with Gasteiger partial charge in [-0.1, -0.05) is 19.9 Å². The molecule has 21 heavy (non-hydrogen) atoms. The number of nitrogens with zero attached hydrogens (tertiary/aromatic N) is 1. The first-order valence-corrected chi connectivity index (χ1v) is 7.00. The molecule has 0 radical (unpaired) electrons. The molecule has 0 spiro atoms. The van der Waals surface area contributed by atoms with Gasteiger partial charge in [-0.05, 0) is 48.6 Å². The van der Waals surface area contributed by atoms with E-state index in [1.807, 2.05) is 19.2 Å². The van der Waals surface area contributed by atoms with Crippen molar-refractivity contribution in [3.05, 3.63) is 53.1 Å². The number of halogens is 1. The van der Waals surface area contributed by atoms with Gasteiger partial charge in [0.1, 0.15) is 5.82 Å². The molecule has 0 aliphatic carbocycles. The average Bonchev–Trinajstić information content (AvgIpc) is 2.46. The van der Waals surface area contributed by atoms with Gasteiger partial charge in [0.25, 0.3) is 5.91 Å². The van der Waals surface area contributed by atoms with Crippen molar-refractivity contribution in [2.24, 2.45) is 5.73 Å². The molecule has 2 aromatic rings. The van der Waals surface area contributed by atoms with Crippen molar-refractivity contribution in [3.8, 4) is 11.1 Å². The SMILES string of the molecule is CCC(C)c1ncc(C)cc1-c1ccc(F)c(C(N)=O)c1. The third-order valence-electron chi connectivity index (χ3n) is 3.68. The number of carbonyl (C=O) groups is 1. The zero-order chi connectivity index (χ0) is 15.6. The molecule has 0 bridgehead atoms. The van der Waals surface area contributed by atoms with Gasteiger partial charge in [-0.25, -0.2) is 4.39 Å². The molecule has 1 aromatic carbocycles. The Kier molecular flexibility index (Phi) is 4.36. The number of amides is 1. The van der Waals surface area contributed by atoms with Crippen molar-refractivity contribution in [3.63, 3.8) is 0 Å². The number of pyridine rings is 1. The van der Waals surface area contributed by atoms with Gasteiger partial charge in [-0.15, -0.1) is 0 Å². The highest BCUT2D eigenvalue weighted by atomic mass is 19.1. The normalized spacial score (nSPS) is 12.2. The van der Waals surface area contributed by atoms with Gasteiger partial charge in [0.05, 0.1) is 11.3 Å². The Morgan fingerprint density at radius 3 is 2.71 bits per heavy atom. The minimum Gasteiger partial charge on any atom is -0.366 e. The Labute approximate surface area is 124 Å². The number of nitrogens with two attached hydrogens (primary N) is 1. The topological polar surface area (TPSA) is 56.0 Å². The molecule has 1 atom stereocenters. The third kappa shape index (κ3) is 3.10. The number of benzene rings is 1. The van der Waals surface area contributed by atoms with Gasteiger partial charge in [0, 0.05) is 11.8 Å². The summed E-state index contributed by atoms with van der Waals surface area (Å²) in [6, 6.07) is 6.44. The van der Waals surface area contributed by atoms with Gasteiger partial charge < -0.3 is 5.73 Å². The van der Waals surface area contributed by atoms with Gasteiger partial charge in [0.2, 0.25) is 0 Å². The molecular formula is C17H19FN2O. The van der Waals surface area contributed by atoms with Crippen LogP contribution in [0.25, 0.3) is 11.1 Å². The van der Waals surface area contributed by atoms with Gasteiger partial charge >= 0.3 is 0 Å². The third-order valence-corrected chi connectivity index (χ3v) is 3.68. The summed E-state index contributed by atoms with van der Waals surface area (Å²) in [5.41, 5.74) is 8.78. The molecule has 3 nitrogen and oxygen atoms in total. The van der Waals surface area contributed by atoms with E-state index >= 15 is 0 Å². The summed E-state index contributed by atoms with van der Waals surface area (Å²) >= 11 is 0. The standard InChI is InChI=1S/C17H19FN2O/c1-4-11(3)16-13(7-10(2)9-20-16)12-5-6-15(18)14(8-12)17(19)21/h5-9,11H,4H2,1-3H3,(H2,19,21). The van der Waals surface area contributed by atoms with Crippen LogP contribution in [0.5, 0.6) is 0 Å². The summed E-state index contributed by atoms with van der Waals surface area (Å²) in [6.07, 6.45) is 2.77. The maximum Gasteiger partial charge on any atom is 0.251 e. The molecule has 1 aromatic heterocycles. The van der Waals surface area contributed by atoms with Crippen molar-refractivity contribution < 1.29 is 9.18 Å². The molecular weight excluding hydrogens is 267 g/mol. The first-order valence-electron chi connectivity index (χ1n) is 7.00. The number of aryl methyl sites for hydroxylation is 1. The molecule has 1 heterocycles. The Hall–Kier alpha value is -2.23. The van der Waals surface area contributed by atoms with E-state index in [1.54, 1.807) is 6.07 Å². The summed E-state index contributed by atoms with van der Waals surface area (Å²) in [4.78, 5) is 15.8. The summed E-state index contributed by atoms with van der Waals surface area (Å²) in [7, 11) is 0. The monoisotopic (exact) mass is 286 g/mol. The average molecular weight is 286 g/mol. The highest BCUT2D eigenvalue weighted by Crippen LogP contribution is 2.31. The number of hydrogen-bond donors (Lipinski definition) is 1. The van der Waals surface area contributed by atoms with E-state index in [0.717, 1.165) is 28.8 Å². The summed E-state index contributed by atoms with van der Waals surface area (Å²) in [5, 5.41) is 0. The molecule has 110 valence electrons. The molecule has 0 saturated heterocycles. The lowest BCUT2D eigenvalue weighted by molar-refractivity contribution is 0.0996. The fourth-order valence-electron chi connectivity index (χ4n) is 2.28. The smallest absolute Gasteiger partial charge is 0.251 e. The van der Waals surface area contributed by atoms with Crippen LogP contribution in [0.4, 0.5) is 4.39 Å². The summed E-state index contributed by atoms with van der Waals surface area (Å²) in [5.74, 6) is -1.08. The van der Waals surface area contributed by atoms with Crippen LogP contribution in [-0.4, -0.2) is 10.9 Å². The summed E-state index contributed by atoms with van der Waals surface area (Å²) in [6.45, 7) is 6.14.